The average molecular weight is 245 g/mol. The highest BCUT2D eigenvalue weighted by molar-refractivity contribution is 6.30. The van der Waals surface area contributed by atoms with Gasteiger partial charge in [-0.25, -0.2) is 0 Å². The van der Waals surface area contributed by atoms with Crippen LogP contribution in [0, 0.1) is 10.1 Å². The fraction of sp³-hybridized carbons (Fsp3) is 0.400. The maximum Gasteiger partial charge on any atom is 0.294 e. The number of nitro groups is 1. The van der Waals surface area contributed by atoms with Gasteiger partial charge in [0.25, 0.3) is 5.69 Å². The van der Waals surface area contributed by atoms with Crippen molar-refractivity contribution in [1.82, 2.24) is 0 Å². The second kappa shape index (κ2) is 5.67. The van der Waals surface area contributed by atoms with E-state index in [0.29, 0.717) is 23.8 Å². The summed E-state index contributed by atoms with van der Waals surface area (Å²) < 4.78 is 0. The standard InChI is InChI=1S/C10H13ClN2O3/c1-2-12(5-6-14)9-4-3-8(11)7-10(9)13(15)16/h3-4,7,14H,2,5-6H2,1H3. The molecule has 0 bridgehead atoms. The Hall–Kier alpha value is -1.33. The zero-order chi connectivity index (χ0) is 12.1. The summed E-state index contributed by atoms with van der Waals surface area (Å²) in [4.78, 5) is 12.1. The molecule has 0 radical (unpaired) electrons. The van der Waals surface area contributed by atoms with Crippen molar-refractivity contribution < 1.29 is 10.0 Å². The van der Waals surface area contributed by atoms with Crippen LogP contribution in [0.5, 0.6) is 0 Å². The van der Waals surface area contributed by atoms with E-state index in [0.717, 1.165) is 0 Å². The van der Waals surface area contributed by atoms with Crippen LogP contribution in [0.3, 0.4) is 0 Å². The minimum absolute atomic E-state index is 0.0391. The maximum absolute atomic E-state index is 10.9. The van der Waals surface area contributed by atoms with E-state index in [-0.39, 0.29) is 12.3 Å². The van der Waals surface area contributed by atoms with Gasteiger partial charge in [-0.3, -0.25) is 10.1 Å². The van der Waals surface area contributed by atoms with Gasteiger partial charge < -0.3 is 10.0 Å². The molecule has 1 rings (SSSR count). The molecule has 0 saturated carbocycles. The van der Waals surface area contributed by atoms with Crippen LogP contribution in [-0.2, 0) is 0 Å². The molecule has 0 spiro atoms. The van der Waals surface area contributed by atoms with Crippen LogP contribution in [0.15, 0.2) is 18.2 Å². The zero-order valence-corrected chi connectivity index (χ0v) is 9.65. The molecule has 0 aliphatic rings. The molecule has 5 nitrogen and oxygen atoms in total. The summed E-state index contributed by atoms with van der Waals surface area (Å²) >= 11 is 5.71. The number of anilines is 1. The lowest BCUT2D eigenvalue weighted by Crippen LogP contribution is -2.26. The molecule has 0 fully saturated rings. The van der Waals surface area contributed by atoms with E-state index < -0.39 is 4.92 Å². The van der Waals surface area contributed by atoms with Gasteiger partial charge in [0.1, 0.15) is 5.69 Å². The van der Waals surface area contributed by atoms with E-state index in [9.17, 15) is 10.1 Å². The lowest BCUT2D eigenvalue weighted by atomic mass is 10.2. The molecule has 0 aliphatic carbocycles. The van der Waals surface area contributed by atoms with Crippen LogP contribution >= 0.6 is 11.6 Å². The van der Waals surface area contributed by atoms with Crippen LogP contribution in [0.4, 0.5) is 11.4 Å². The molecular formula is C10H13ClN2O3. The second-order valence-electron chi connectivity index (χ2n) is 3.19. The number of aliphatic hydroxyl groups is 1. The van der Waals surface area contributed by atoms with E-state index in [1.54, 1.807) is 17.0 Å². The molecular weight excluding hydrogens is 232 g/mol. The summed E-state index contributed by atoms with van der Waals surface area (Å²) in [5, 5.41) is 20.1. The number of hydrogen-bond donors (Lipinski definition) is 1. The fourth-order valence-electron chi connectivity index (χ4n) is 1.48. The summed E-state index contributed by atoms with van der Waals surface area (Å²) in [6, 6.07) is 4.51. The number of rotatable bonds is 5. The maximum atomic E-state index is 10.9. The summed E-state index contributed by atoms with van der Waals surface area (Å²) in [7, 11) is 0. The van der Waals surface area contributed by atoms with Gasteiger partial charge in [-0.1, -0.05) is 11.6 Å². The largest absolute Gasteiger partial charge is 0.395 e. The summed E-state index contributed by atoms with van der Waals surface area (Å²) in [6.07, 6.45) is 0. The smallest absolute Gasteiger partial charge is 0.294 e. The van der Waals surface area contributed by atoms with Gasteiger partial charge in [-0.05, 0) is 19.1 Å². The number of benzene rings is 1. The highest BCUT2D eigenvalue weighted by Gasteiger charge is 2.18. The Morgan fingerprint density at radius 3 is 2.75 bits per heavy atom. The number of nitro benzene ring substituents is 1. The number of likely N-dealkylation sites (N-methyl/N-ethyl adjacent to an activating group) is 1. The first-order chi connectivity index (χ1) is 7.60. The first kappa shape index (κ1) is 12.7. The van der Waals surface area contributed by atoms with E-state index in [1.165, 1.54) is 6.07 Å². The van der Waals surface area contributed by atoms with Gasteiger partial charge in [0.15, 0.2) is 0 Å². The van der Waals surface area contributed by atoms with Crippen molar-refractivity contribution in [3.05, 3.63) is 33.3 Å². The topological polar surface area (TPSA) is 66.6 Å². The van der Waals surface area contributed by atoms with Crippen molar-refractivity contribution in [2.24, 2.45) is 0 Å². The Morgan fingerprint density at radius 1 is 1.56 bits per heavy atom. The summed E-state index contributed by atoms with van der Waals surface area (Å²) in [5.41, 5.74) is 0.439. The number of aliphatic hydroxyl groups excluding tert-OH is 1. The summed E-state index contributed by atoms with van der Waals surface area (Å²) in [5.74, 6) is 0. The average Bonchev–Trinajstić information content (AvgIpc) is 2.26. The summed E-state index contributed by atoms with van der Waals surface area (Å²) in [6.45, 7) is 2.77. The van der Waals surface area contributed by atoms with Gasteiger partial charge >= 0.3 is 0 Å². The number of nitrogens with zero attached hydrogens (tertiary/aromatic N) is 2. The van der Waals surface area contributed by atoms with Crippen molar-refractivity contribution >= 4 is 23.0 Å². The third-order valence-corrected chi connectivity index (χ3v) is 2.46. The molecule has 88 valence electrons. The lowest BCUT2D eigenvalue weighted by molar-refractivity contribution is -0.384. The van der Waals surface area contributed by atoms with E-state index >= 15 is 0 Å². The first-order valence-corrected chi connectivity index (χ1v) is 5.27. The molecule has 0 aromatic heterocycles. The minimum atomic E-state index is -0.471. The molecule has 1 N–H and O–H groups in total. The molecule has 6 heteroatoms. The van der Waals surface area contributed by atoms with Crippen LogP contribution in [0.1, 0.15) is 6.92 Å². The third-order valence-electron chi connectivity index (χ3n) is 2.23. The molecule has 0 atom stereocenters. The molecule has 0 heterocycles. The first-order valence-electron chi connectivity index (χ1n) is 4.90. The van der Waals surface area contributed by atoms with E-state index in [2.05, 4.69) is 0 Å². The van der Waals surface area contributed by atoms with E-state index in [1.807, 2.05) is 6.92 Å². The van der Waals surface area contributed by atoms with Gasteiger partial charge in [0.05, 0.1) is 11.5 Å². The lowest BCUT2D eigenvalue weighted by Gasteiger charge is -2.21. The molecule has 16 heavy (non-hydrogen) atoms. The predicted octanol–water partition coefficient (Wildman–Crippen LogP) is 2.07. The van der Waals surface area contributed by atoms with E-state index in [4.69, 9.17) is 16.7 Å². The van der Waals surface area contributed by atoms with Crippen molar-refractivity contribution in [3.8, 4) is 0 Å². The Kier molecular flexibility index (Phi) is 4.52. The van der Waals surface area contributed by atoms with Crippen LogP contribution in [-0.4, -0.2) is 29.7 Å². The molecule has 1 aromatic rings. The van der Waals surface area contributed by atoms with Crippen molar-refractivity contribution in [2.45, 2.75) is 6.92 Å². The quantitative estimate of drug-likeness (QED) is 0.636. The molecule has 0 amide bonds. The number of halogens is 1. The Bertz CT molecular complexity index is 384. The predicted molar refractivity (Wildman–Crippen MR) is 63.1 cm³/mol. The van der Waals surface area contributed by atoms with Crippen LogP contribution in [0.2, 0.25) is 5.02 Å². The molecule has 1 aromatic carbocycles. The molecule has 0 aliphatic heterocycles. The van der Waals surface area contributed by atoms with Crippen molar-refractivity contribution in [2.75, 3.05) is 24.6 Å². The normalized spacial score (nSPS) is 10.2. The van der Waals surface area contributed by atoms with Gasteiger partial charge in [0, 0.05) is 24.2 Å². The van der Waals surface area contributed by atoms with Gasteiger partial charge in [-0.15, -0.1) is 0 Å². The van der Waals surface area contributed by atoms with Crippen LogP contribution < -0.4 is 4.90 Å². The van der Waals surface area contributed by atoms with Gasteiger partial charge in [-0.2, -0.15) is 0 Å². The fourth-order valence-corrected chi connectivity index (χ4v) is 1.65. The highest BCUT2D eigenvalue weighted by Crippen LogP contribution is 2.30. The monoisotopic (exact) mass is 244 g/mol. The third kappa shape index (κ3) is 2.84. The second-order valence-corrected chi connectivity index (χ2v) is 3.63. The molecule has 0 saturated heterocycles. The van der Waals surface area contributed by atoms with Gasteiger partial charge in [0.2, 0.25) is 0 Å². The highest BCUT2D eigenvalue weighted by atomic mass is 35.5. The van der Waals surface area contributed by atoms with Crippen LogP contribution in [0.25, 0.3) is 0 Å². The molecule has 0 unspecified atom stereocenters. The minimum Gasteiger partial charge on any atom is -0.395 e. The zero-order valence-electron chi connectivity index (χ0n) is 8.89. The Morgan fingerprint density at radius 2 is 2.25 bits per heavy atom. The van der Waals surface area contributed by atoms with Crippen molar-refractivity contribution in [3.63, 3.8) is 0 Å². The Balaban J connectivity index is 3.14. The number of hydrogen-bond acceptors (Lipinski definition) is 4. The Labute approximate surface area is 98.4 Å². The van der Waals surface area contributed by atoms with Crippen molar-refractivity contribution in [1.29, 1.82) is 0 Å². The SMILES string of the molecule is CCN(CCO)c1ccc(Cl)cc1[N+](=O)[O-].